The molecule has 3 aromatic rings. The number of halogens is 2. The van der Waals surface area contributed by atoms with Crippen molar-refractivity contribution in [2.24, 2.45) is 5.92 Å². The highest BCUT2D eigenvalue weighted by atomic mass is 35.5. The quantitative estimate of drug-likeness (QED) is 0.499. The topological polar surface area (TPSA) is 115 Å². The van der Waals surface area contributed by atoms with Crippen molar-refractivity contribution in [3.63, 3.8) is 0 Å². The number of carboxylic acids is 1. The lowest BCUT2D eigenvalue weighted by molar-refractivity contribution is -0.138. The fraction of sp³-hybridized carbons (Fsp3) is 0.304. The van der Waals surface area contributed by atoms with E-state index in [1.807, 2.05) is 0 Å². The molecule has 2 aromatic carbocycles. The van der Waals surface area contributed by atoms with Gasteiger partial charge in [0.15, 0.2) is 11.6 Å². The first-order valence-corrected chi connectivity index (χ1v) is 11.0. The summed E-state index contributed by atoms with van der Waals surface area (Å²) in [7, 11) is 0. The van der Waals surface area contributed by atoms with Crippen LogP contribution in [0.4, 0.5) is 16.0 Å². The summed E-state index contributed by atoms with van der Waals surface area (Å²) in [6.45, 7) is 3.57. The summed E-state index contributed by atoms with van der Waals surface area (Å²) in [5.41, 5.74) is -0.656. The normalized spacial score (nSPS) is 17.0. The number of hydrogen-bond donors (Lipinski definition) is 2. The molecule has 4 rings (SSSR count). The molecule has 1 aliphatic rings. The number of carboxylic acid groups (broad SMARTS) is 1. The number of benzene rings is 2. The van der Waals surface area contributed by atoms with Gasteiger partial charge in [-0.3, -0.25) is 9.36 Å². The monoisotopic (exact) mass is 488 g/mol. The Bertz CT molecular complexity index is 1350. The lowest BCUT2D eigenvalue weighted by atomic mass is 10.2. The summed E-state index contributed by atoms with van der Waals surface area (Å²) >= 11 is 5.95. The zero-order chi connectivity index (χ0) is 24.6. The van der Waals surface area contributed by atoms with Gasteiger partial charge in [0, 0.05) is 16.8 Å². The summed E-state index contributed by atoms with van der Waals surface area (Å²) in [5, 5.41) is 12.6. The van der Waals surface area contributed by atoms with Crippen molar-refractivity contribution in [2.75, 3.05) is 5.32 Å². The van der Waals surface area contributed by atoms with E-state index in [0.717, 1.165) is 4.57 Å². The van der Waals surface area contributed by atoms with Crippen LogP contribution in [-0.2, 0) is 11.3 Å². The van der Waals surface area contributed by atoms with Crippen molar-refractivity contribution in [3.8, 4) is 5.75 Å². The summed E-state index contributed by atoms with van der Waals surface area (Å²) in [4.78, 5) is 41.3. The second-order valence-corrected chi connectivity index (χ2v) is 8.70. The number of carbonyl (C=O) groups is 1. The third-order valence-electron chi connectivity index (χ3n) is 5.31. The average Bonchev–Trinajstić information content (AvgIpc) is 3.55. The lowest BCUT2D eigenvalue weighted by Gasteiger charge is -2.16. The number of nitrogens with one attached hydrogen (secondary N) is 1. The van der Waals surface area contributed by atoms with Crippen molar-refractivity contribution in [3.05, 3.63) is 79.8 Å². The van der Waals surface area contributed by atoms with Crippen molar-refractivity contribution >= 4 is 29.2 Å². The van der Waals surface area contributed by atoms with Gasteiger partial charge in [0.1, 0.15) is 0 Å². The standard InChI is InChI=1S/C23H22ClFN4O5/c1-12(2)34-19-8-7-15(9-17(19)25)26-21-27-22(32)29(18-10-16(18)20(30)31)23(33)28(21)11-13-3-5-14(24)6-4-13/h3-9,12,16,18H,10-11H2,1-2H3,(H,30,31)(H,26,27,32)/t16-,18-/m0/s1. The molecule has 0 amide bonds. The number of aliphatic carboxylic acids is 1. The summed E-state index contributed by atoms with van der Waals surface area (Å²) in [6.07, 6.45) is -0.0493. The minimum absolute atomic E-state index is 0.0209. The maximum absolute atomic E-state index is 14.5. The van der Waals surface area contributed by atoms with Crippen LogP contribution in [0.2, 0.25) is 5.02 Å². The minimum Gasteiger partial charge on any atom is -0.488 e. The average molecular weight is 489 g/mol. The largest absolute Gasteiger partial charge is 0.488 e. The lowest BCUT2D eigenvalue weighted by Crippen LogP contribution is -2.42. The van der Waals surface area contributed by atoms with Crippen LogP contribution in [0.25, 0.3) is 0 Å². The molecule has 0 spiro atoms. The molecule has 1 fully saturated rings. The Kier molecular flexibility index (Phi) is 6.43. The Labute approximate surface area is 198 Å². The zero-order valence-corrected chi connectivity index (χ0v) is 19.1. The molecule has 9 nitrogen and oxygen atoms in total. The highest BCUT2D eigenvalue weighted by Crippen LogP contribution is 2.41. The van der Waals surface area contributed by atoms with E-state index in [1.54, 1.807) is 38.1 Å². The Morgan fingerprint density at radius 2 is 1.97 bits per heavy atom. The smallest absolute Gasteiger partial charge is 0.355 e. The zero-order valence-electron chi connectivity index (χ0n) is 18.4. The van der Waals surface area contributed by atoms with Crippen LogP contribution < -0.4 is 21.4 Å². The van der Waals surface area contributed by atoms with Gasteiger partial charge < -0.3 is 15.2 Å². The molecule has 0 saturated heterocycles. The molecule has 0 bridgehead atoms. The van der Waals surface area contributed by atoms with Crippen LogP contribution >= 0.6 is 11.6 Å². The second kappa shape index (κ2) is 9.30. The third-order valence-corrected chi connectivity index (χ3v) is 5.56. The van der Waals surface area contributed by atoms with Crippen molar-refractivity contribution in [1.29, 1.82) is 0 Å². The Hall–Kier alpha value is -3.66. The molecular formula is C23H22ClFN4O5. The van der Waals surface area contributed by atoms with E-state index >= 15 is 0 Å². The van der Waals surface area contributed by atoms with E-state index in [-0.39, 0.29) is 36.5 Å². The molecule has 1 heterocycles. The summed E-state index contributed by atoms with van der Waals surface area (Å²) in [5.74, 6) is -2.57. The van der Waals surface area contributed by atoms with E-state index in [9.17, 15) is 23.9 Å². The molecule has 0 aliphatic heterocycles. The molecule has 2 atom stereocenters. The fourth-order valence-electron chi connectivity index (χ4n) is 3.59. The van der Waals surface area contributed by atoms with E-state index < -0.39 is 35.1 Å². The van der Waals surface area contributed by atoms with Crippen LogP contribution in [0.1, 0.15) is 31.9 Å². The number of hydrogen-bond acceptors (Lipinski definition) is 6. The molecule has 0 unspecified atom stereocenters. The molecule has 1 aromatic heterocycles. The summed E-state index contributed by atoms with van der Waals surface area (Å²) < 4.78 is 21.9. The molecule has 1 saturated carbocycles. The molecule has 11 heteroatoms. The molecule has 34 heavy (non-hydrogen) atoms. The Morgan fingerprint density at radius 3 is 2.56 bits per heavy atom. The molecule has 178 valence electrons. The minimum atomic E-state index is -1.08. The summed E-state index contributed by atoms with van der Waals surface area (Å²) in [6, 6.07) is 10.1. The predicted octanol–water partition coefficient (Wildman–Crippen LogP) is 3.42. The van der Waals surface area contributed by atoms with Crippen molar-refractivity contribution in [1.82, 2.24) is 14.1 Å². The maximum Gasteiger partial charge on any atom is 0.355 e. The van der Waals surface area contributed by atoms with Crippen LogP contribution in [0, 0.1) is 11.7 Å². The predicted molar refractivity (Wildman–Crippen MR) is 124 cm³/mol. The number of anilines is 2. The highest BCUT2D eigenvalue weighted by Gasteiger charge is 2.47. The number of rotatable bonds is 8. The van der Waals surface area contributed by atoms with Gasteiger partial charge in [-0.15, -0.1) is 0 Å². The van der Waals surface area contributed by atoms with Crippen LogP contribution in [0.15, 0.2) is 52.1 Å². The van der Waals surface area contributed by atoms with Crippen LogP contribution in [0.3, 0.4) is 0 Å². The van der Waals surface area contributed by atoms with E-state index in [4.69, 9.17) is 16.3 Å². The fourth-order valence-corrected chi connectivity index (χ4v) is 3.72. The van der Waals surface area contributed by atoms with Gasteiger partial charge in [-0.05, 0) is 50.1 Å². The molecule has 0 radical (unpaired) electrons. The second-order valence-electron chi connectivity index (χ2n) is 8.27. The number of ether oxygens (including phenoxy) is 1. The van der Waals surface area contributed by atoms with Gasteiger partial charge in [0.05, 0.1) is 24.6 Å². The van der Waals surface area contributed by atoms with E-state index in [1.165, 1.54) is 22.8 Å². The Balaban J connectivity index is 1.74. The number of nitrogens with zero attached hydrogens (tertiary/aromatic N) is 3. The highest BCUT2D eigenvalue weighted by molar-refractivity contribution is 6.30. The van der Waals surface area contributed by atoms with Gasteiger partial charge in [0.25, 0.3) is 0 Å². The van der Waals surface area contributed by atoms with E-state index in [2.05, 4.69) is 10.3 Å². The van der Waals surface area contributed by atoms with Crippen LogP contribution in [-0.4, -0.2) is 31.3 Å². The van der Waals surface area contributed by atoms with Gasteiger partial charge in [-0.2, -0.15) is 4.98 Å². The van der Waals surface area contributed by atoms with Crippen molar-refractivity contribution < 1.29 is 19.0 Å². The molecular weight excluding hydrogens is 467 g/mol. The van der Waals surface area contributed by atoms with Gasteiger partial charge in [-0.1, -0.05) is 23.7 Å². The first-order chi connectivity index (χ1) is 16.1. The SMILES string of the molecule is CC(C)Oc1ccc(Nc2nc(=O)n([C@H]3C[C@@H]3C(=O)O)c(=O)n2Cc2ccc(Cl)cc2)cc1F. The van der Waals surface area contributed by atoms with E-state index in [0.29, 0.717) is 10.6 Å². The molecule has 1 aliphatic carbocycles. The Morgan fingerprint density at radius 1 is 1.26 bits per heavy atom. The third kappa shape index (κ3) is 4.96. The molecule has 2 N–H and O–H groups in total. The number of aromatic nitrogens is 3. The first kappa shape index (κ1) is 23.5. The van der Waals surface area contributed by atoms with Gasteiger partial charge >= 0.3 is 17.3 Å². The maximum atomic E-state index is 14.5. The van der Waals surface area contributed by atoms with Crippen molar-refractivity contribution in [2.45, 2.75) is 39.0 Å². The van der Waals surface area contributed by atoms with Gasteiger partial charge in [-0.25, -0.2) is 18.5 Å². The van der Waals surface area contributed by atoms with Gasteiger partial charge in [0.2, 0.25) is 5.95 Å². The first-order valence-electron chi connectivity index (χ1n) is 10.6. The van der Waals surface area contributed by atoms with Crippen LogP contribution in [0.5, 0.6) is 5.75 Å².